The second-order valence-corrected chi connectivity index (χ2v) is 5.03. The Kier molecular flexibility index (Phi) is 4.56. The average molecular weight is 271 g/mol. The molecule has 4 nitrogen and oxygen atoms in total. The lowest BCUT2D eigenvalue weighted by Crippen LogP contribution is -2.05. The van der Waals surface area contributed by atoms with Gasteiger partial charge in [0.2, 0.25) is 0 Å². The van der Waals surface area contributed by atoms with Gasteiger partial charge in [0.15, 0.2) is 0 Å². The summed E-state index contributed by atoms with van der Waals surface area (Å²) in [5.74, 6) is 2.93. The van der Waals surface area contributed by atoms with Gasteiger partial charge in [-0.1, -0.05) is 26.0 Å². The molecule has 1 heterocycles. The number of nitrogens with one attached hydrogen (secondary N) is 1. The molecule has 0 aliphatic heterocycles. The van der Waals surface area contributed by atoms with Gasteiger partial charge in [-0.05, 0) is 23.6 Å². The van der Waals surface area contributed by atoms with Gasteiger partial charge >= 0.3 is 0 Å². The Balaban J connectivity index is 2.29. The summed E-state index contributed by atoms with van der Waals surface area (Å²) >= 11 is 0. The van der Waals surface area contributed by atoms with Crippen LogP contribution in [0.2, 0.25) is 0 Å². The third-order valence-corrected chi connectivity index (χ3v) is 3.14. The second kappa shape index (κ2) is 6.37. The van der Waals surface area contributed by atoms with E-state index in [9.17, 15) is 0 Å². The van der Waals surface area contributed by atoms with Gasteiger partial charge in [0, 0.05) is 25.2 Å². The first kappa shape index (κ1) is 14.3. The maximum atomic E-state index is 5.25. The van der Waals surface area contributed by atoms with E-state index < -0.39 is 0 Å². The highest BCUT2D eigenvalue weighted by Gasteiger charge is 2.08. The molecule has 2 aromatic rings. The Hall–Kier alpha value is -2.10. The Morgan fingerprint density at radius 2 is 2.00 bits per heavy atom. The molecule has 2 rings (SSSR count). The van der Waals surface area contributed by atoms with Gasteiger partial charge in [-0.25, -0.2) is 9.97 Å². The minimum Gasteiger partial charge on any atom is -0.497 e. The average Bonchev–Trinajstić information content (AvgIpc) is 2.47. The van der Waals surface area contributed by atoms with Gasteiger partial charge in [-0.2, -0.15) is 0 Å². The fourth-order valence-corrected chi connectivity index (χ4v) is 1.99. The fraction of sp³-hybridized carbons (Fsp3) is 0.375. The number of anilines is 1. The van der Waals surface area contributed by atoms with Crippen molar-refractivity contribution in [2.45, 2.75) is 26.2 Å². The van der Waals surface area contributed by atoms with Crippen LogP contribution in [0.3, 0.4) is 0 Å². The summed E-state index contributed by atoms with van der Waals surface area (Å²) in [5, 5.41) is 3.10. The van der Waals surface area contributed by atoms with E-state index in [4.69, 9.17) is 4.74 Å². The van der Waals surface area contributed by atoms with Crippen LogP contribution in [-0.4, -0.2) is 24.1 Å². The summed E-state index contributed by atoms with van der Waals surface area (Å²) in [5.41, 5.74) is 2.20. The number of nitrogens with zero attached hydrogens (tertiary/aromatic N) is 2. The van der Waals surface area contributed by atoms with Crippen molar-refractivity contribution in [3.63, 3.8) is 0 Å². The molecule has 4 heteroatoms. The predicted octanol–water partition coefficient (Wildman–Crippen LogP) is 3.24. The minimum atomic E-state index is 0.383. The normalized spacial score (nSPS) is 10.7. The number of benzene rings is 1. The topological polar surface area (TPSA) is 47.0 Å². The maximum absolute atomic E-state index is 5.25. The highest BCUT2D eigenvalue weighted by molar-refractivity contribution is 5.37. The summed E-state index contributed by atoms with van der Waals surface area (Å²) in [6.45, 7) is 4.27. The fourth-order valence-electron chi connectivity index (χ4n) is 1.99. The van der Waals surface area contributed by atoms with Crippen LogP contribution >= 0.6 is 0 Å². The third-order valence-electron chi connectivity index (χ3n) is 3.14. The molecule has 0 radical (unpaired) electrons. The Morgan fingerprint density at radius 3 is 2.65 bits per heavy atom. The zero-order valence-corrected chi connectivity index (χ0v) is 12.5. The van der Waals surface area contributed by atoms with E-state index in [2.05, 4.69) is 35.2 Å². The van der Waals surface area contributed by atoms with E-state index in [1.54, 1.807) is 7.11 Å². The van der Waals surface area contributed by atoms with Crippen LogP contribution in [0.15, 0.2) is 30.3 Å². The predicted molar refractivity (Wildman–Crippen MR) is 81.5 cm³/mol. The van der Waals surface area contributed by atoms with E-state index in [-0.39, 0.29) is 0 Å². The van der Waals surface area contributed by atoms with Crippen LogP contribution in [-0.2, 0) is 6.42 Å². The van der Waals surface area contributed by atoms with Crippen molar-refractivity contribution in [1.82, 2.24) is 9.97 Å². The van der Waals surface area contributed by atoms with Crippen molar-refractivity contribution in [3.8, 4) is 5.75 Å². The van der Waals surface area contributed by atoms with Crippen molar-refractivity contribution in [2.75, 3.05) is 19.5 Å². The van der Waals surface area contributed by atoms with Gasteiger partial charge < -0.3 is 10.1 Å². The summed E-state index contributed by atoms with van der Waals surface area (Å²) in [6.07, 6.45) is 0.701. The lowest BCUT2D eigenvalue weighted by atomic mass is 10.1. The zero-order chi connectivity index (χ0) is 14.5. The molecular weight excluding hydrogens is 250 g/mol. The van der Waals surface area contributed by atoms with Crippen molar-refractivity contribution in [3.05, 3.63) is 47.4 Å². The molecule has 0 aliphatic rings. The lowest BCUT2D eigenvalue weighted by molar-refractivity contribution is 0.414. The number of rotatable bonds is 5. The molecule has 0 spiro atoms. The van der Waals surface area contributed by atoms with E-state index in [1.165, 1.54) is 0 Å². The van der Waals surface area contributed by atoms with Crippen molar-refractivity contribution >= 4 is 5.82 Å². The summed E-state index contributed by atoms with van der Waals surface area (Å²) < 4.78 is 5.25. The van der Waals surface area contributed by atoms with Crippen LogP contribution in [0.25, 0.3) is 0 Å². The largest absolute Gasteiger partial charge is 0.497 e. The smallest absolute Gasteiger partial charge is 0.135 e. The second-order valence-electron chi connectivity index (χ2n) is 5.03. The summed E-state index contributed by atoms with van der Waals surface area (Å²) in [4.78, 5) is 9.16. The summed E-state index contributed by atoms with van der Waals surface area (Å²) in [7, 11) is 3.55. The lowest BCUT2D eigenvalue weighted by Gasteiger charge is -2.10. The van der Waals surface area contributed by atoms with Crippen molar-refractivity contribution < 1.29 is 4.74 Å². The molecule has 0 atom stereocenters. The standard InChI is InChI=1S/C16H21N3O/c1-11(2)14-10-15(17-3)19-16(18-14)9-12-6-5-7-13(8-12)20-4/h5-8,10-11H,9H2,1-4H3,(H,17,18,19). The third kappa shape index (κ3) is 3.47. The number of hydrogen-bond donors (Lipinski definition) is 1. The first-order chi connectivity index (χ1) is 9.62. The summed E-state index contributed by atoms with van der Waals surface area (Å²) in [6, 6.07) is 10.0. The minimum absolute atomic E-state index is 0.383. The number of ether oxygens (including phenoxy) is 1. The van der Waals surface area contributed by atoms with Crippen LogP contribution in [0, 0.1) is 0 Å². The van der Waals surface area contributed by atoms with Crippen LogP contribution < -0.4 is 10.1 Å². The molecule has 0 saturated heterocycles. The molecule has 0 bridgehead atoms. The van der Waals surface area contributed by atoms with Gasteiger partial charge in [0.25, 0.3) is 0 Å². The molecular formula is C16H21N3O. The van der Waals surface area contributed by atoms with Gasteiger partial charge in [0.05, 0.1) is 7.11 Å². The van der Waals surface area contributed by atoms with Crippen LogP contribution in [0.5, 0.6) is 5.75 Å². The molecule has 0 unspecified atom stereocenters. The highest BCUT2D eigenvalue weighted by atomic mass is 16.5. The molecule has 0 fully saturated rings. The van der Waals surface area contributed by atoms with Gasteiger partial charge in [-0.3, -0.25) is 0 Å². The number of aromatic nitrogens is 2. The van der Waals surface area contributed by atoms with Gasteiger partial charge in [-0.15, -0.1) is 0 Å². The highest BCUT2D eigenvalue weighted by Crippen LogP contribution is 2.18. The van der Waals surface area contributed by atoms with E-state index in [1.807, 2.05) is 31.3 Å². The molecule has 0 amide bonds. The Labute approximate surface area is 120 Å². The zero-order valence-electron chi connectivity index (χ0n) is 12.5. The van der Waals surface area contributed by atoms with Crippen molar-refractivity contribution in [2.24, 2.45) is 0 Å². The number of hydrogen-bond acceptors (Lipinski definition) is 4. The first-order valence-corrected chi connectivity index (χ1v) is 6.81. The van der Waals surface area contributed by atoms with Gasteiger partial charge in [0.1, 0.15) is 17.4 Å². The molecule has 1 aromatic carbocycles. The maximum Gasteiger partial charge on any atom is 0.135 e. The van der Waals surface area contributed by atoms with E-state index in [0.29, 0.717) is 12.3 Å². The first-order valence-electron chi connectivity index (χ1n) is 6.81. The van der Waals surface area contributed by atoms with E-state index >= 15 is 0 Å². The monoisotopic (exact) mass is 271 g/mol. The molecule has 1 N–H and O–H groups in total. The molecule has 0 aliphatic carbocycles. The quantitative estimate of drug-likeness (QED) is 0.907. The van der Waals surface area contributed by atoms with E-state index in [0.717, 1.165) is 28.6 Å². The van der Waals surface area contributed by atoms with Crippen LogP contribution in [0.1, 0.15) is 36.8 Å². The molecule has 1 aromatic heterocycles. The molecule has 0 saturated carbocycles. The molecule has 106 valence electrons. The number of methoxy groups -OCH3 is 1. The van der Waals surface area contributed by atoms with Crippen molar-refractivity contribution in [1.29, 1.82) is 0 Å². The Bertz CT molecular complexity index is 582. The Morgan fingerprint density at radius 1 is 1.20 bits per heavy atom. The van der Waals surface area contributed by atoms with Crippen LogP contribution in [0.4, 0.5) is 5.82 Å². The SMILES string of the molecule is CNc1cc(C(C)C)nc(Cc2cccc(OC)c2)n1. The molecule has 20 heavy (non-hydrogen) atoms.